The van der Waals surface area contributed by atoms with Gasteiger partial charge in [0, 0.05) is 5.02 Å². The van der Waals surface area contributed by atoms with Gasteiger partial charge in [-0.05, 0) is 43.7 Å². The summed E-state index contributed by atoms with van der Waals surface area (Å²) in [6, 6.07) is 14.0. The number of hydrogen-bond acceptors (Lipinski definition) is 4. The molecule has 27 heavy (non-hydrogen) atoms. The van der Waals surface area contributed by atoms with E-state index in [-0.39, 0.29) is 5.02 Å². The van der Waals surface area contributed by atoms with Gasteiger partial charge < -0.3 is 4.74 Å². The zero-order valence-electron chi connectivity index (χ0n) is 14.6. The minimum absolute atomic E-state index is 0.277. The number of benzene rings is 2. The first-order chi connectivity index (χ1) is 12.9. The van der Waals surface area contributed by atoms with Crippen LogP contribution >= 0.6 is 23.2 Å². The zero-order valence-corrected chi connectivity index (χ0v) is 16.2. The number of carbonyl (C=O) groups excluding carboxylic acids is 2. The van der Waals surface area contributed by atoms with Crippen LogP contribution in [0.3, 0.4) is 0 Å². The van der Waals surface area contributed by atoms with Gasteiger partial charge in [-0.15, -0.1) is 0 Å². The lowest BCUT2D eigenvalue weighted by atomic mass is 10.1. The van der Waals surface area contributed by atoms with Crippen LogP contribution < -0.4 is 4.74 Å². The molecule has 1 heterocycles. The van der Waals surface area contributed by atoms with Gasteiger partial charge in [0.05, 0.1) is 16.3 Å². The molecule has 0 N–H and O–H groups in total. The summed E-state index contributed by atoms with van der Waals surface area (Å²) in [6.45, 7) is 3.21. The number of carbonyl (C=O) groups is 2. The molecule has 7 heteroatoms. The standard InChI is InChI=1S/C20H16Cl2N2O3/c1-12-16(10-14-6-4-3-5-7-14)20(26)24(23-12)19(25)13(2)27-18-9-8-15(21)11-17(18)22/h3-11,13H,1-2H3/b16-10+. The number of rotatable bonds is 4. The molecular formula is C20H16Cl2N2O3. The SMILES string of the molecule is CC1=NN(C(=O)C(C)Oc2ccc(Cl)cc2Cl)C(=O)/C1=C/c1ccccc1. The van der Waals surface area contributed by atoms with E-state index in [1.165, 1.54) is 13.0 Å². The molecule has 1 aliphatic rings. The van der Waals surface area contributed by atoms with Crippen LogP contribution in [-0.4, -0.2) is 28.6 Å². The number of ether oxygens (including phenoxy) is 1. The maximum atomic E-state index is 12.7. The van der Waals surface area contributed by atoms with Crippen LogP contribution in [0, 0.1) is 0 Å². The fourth-order valence-electron chi connectivity index (χ4n) is 2.53. The van der Waals surface area contributed by atoms with Crippen LogP contribution in [0.4, 0.5) is 0 Å². The highest BCUT2D eigenvalue weighted by atomic mass is 35.5. The van der Waals surface area contributed by atoms with Gasteiger partial charge in [-0.25, -0.2) is 0 Å². The molecule has 2 aromatic rings. The summed E-state index contributed by atoms with van der Waals surface area (Å²) in [5.74, 6) is -0.768. The van der Waals surface area contributed by atoms with Gasteiger partial charge in [0.25, 0.3) is 11.8 Å². The van der Waals surface area contributed by atoms with Crippen molar-refractivity contribution in [1.82, 2.24) is 5.01 Å². The minimum atomic E-state index is -0.958. The maximum absolute atomic E-state index is 12.7. The topological polar surface area (TPSA) is 59.0 Å². The average Bonchev–Trinajstić information content (AvgIpc) is 2.92. The molecule has 0 spiro atoms. The number of hydrazone groups is 1. The Balaban J connectivity index is 1.77. The molecule has 1 aliphatic heterocycles. The Bertz CT molecular complexity index is 955. The lowest BCUT2D eigenvalue weighted by molar-refractivity contribution is -0.146. The Morgan fingerprint density at radius 1 is 1.19 bits per heavy atom. The van der Waals surface area contributed by atoms with E-state index in [2.05, 4.69) is 5.10 Å². The fourth-order valence-corrected chi connectivity index (χ4v) is 2.99. The summed E-state index contributed by atoms with van der Waals surface area (Å²) >= 11 is 11.9. The number of imide groups is 1. The largest absolute Gasteiger partial charge is 0.479 e. The molecule has 0 aromatic heterocycles. The summed E-state index contributed by atoms with van der Waals surface area (Å²) < 4.78 is 5.59. The van der Waals surface area contributed by atoms with Crippen LogP contribution in [0.25, 0.3) is 6.08 Å². The van der Waals surface area contributed by atoms with Crippen molar-refractivity contribution < 1.29 is 14.3 Å². The summed E-state index contributed by atoms with van der Waals surface area (Å²) in [4.78, 5) is 25.3. The molecule has 0 radical (unpaired) electrons. The maximum Gasteiger partial charge on any atom is 0.290 e. The molecule has 0 bridgehead atoms. The smallest absolute Gasteiger partial charge is 0.290 e. The molecule has 1 atom stereocenters. The highest BCUT2D eigenvalue weighted by molar-refractivity contribution is 6.35. The van der Waals surface area contributed by atoms with Crippen molar-refractivity contribution in [3.63, 3.8) is 0 Å². The monoisotopic (exact) mass is 402 g/mol. The van der Waals surface area contributed by atoms with Gasteiger partial charge >= 0.3 is 0 Å². The Labute approximate surface area is 166 Å². The Morgan fingerprint density at radius 2 is 1.89 bits per heavy atom. The van der Waals surface area contributed by atoms with Crippen molar-refractivity contribution in [1.29, 1.82) is 0 Å². The highest BCUT2D eigenvalue weighted by Crippen LogP contribution is 2.29. The lowest BCUT2D eigenvalue weighted by Gasteiger charge is -2.18. The second-order valence-electron chi connectivity index (χ2n) is 5.94. The third-order valence-electron chi connectivity index (χ3n) is 3.93. The van der Waals surface area contributed by atoms with Crippen LogP contribution in [0.2, 0.25) is 10.0 Å². The molecule has 0 fully saturated rings. The fraction of sp³-hybridized carbons (Fsp3) is 0.150. The molecule has 0 saturated heterocycles. The quantitative estimate of drug-likeness (QED) is 0.702. The van der Waals surface area contributed by atoms with Crippen molar-refractivity contribution >= 4 is 46.8 Å². The molecule has 5 nitrogen and oxygen atoms in total. The highest BCUT2D eigenvalue weighted by Gasteiger charge is 2.35. The normalized spacial score (nSPS) is 16.4. The van der Waals surface area contributed by atoms with Gasteiger partial charge in [0.2, 0.25) is 0 Å². The predicted octanol–water partition coefficient (Wildman–Crippen LogP) is 4.59. The third-order valence-corrected chi connectivity index (χ3v) is 4.46. The molecule has 2 aromatic carbocycles. The third kappa shape index (κ3) is 4.21. The first kappa shape index (κ1) is 19.1. The van der Waals surface area contributed by atoms with E-state index in [0.717, 1.165) is 10.6 Å². The Kier molecular flexibility index (Phi) is 5.63. The average molecular weight is 403 g/mol. The summed E-state index contributed by atoms with van der Waals surface area (Å²) in [7, 11) is 0. The first-order valence-corrected chi connectivity index (χ1v) is 8.94. The second-order valence-corrected chi connectivity index (χ2v) is 6.79. The lowest BCUT2D eigenvalue weighted by Crippen LogP contribution is -2.39. The van der Waals surface area contributed by atoms with Crippen molar-refractivity contribution in [3.8, 4) is 5.75 Å². The van der Waals surface area contributed by atoms with Gasteiger partial charge in [-0.3, -0.25) is 9.59 Å². The van der Waals surface area contributed by atoms with Gasteiger partial charge in [0.1, 0.15) is 5.75 Å². The van der Waals surface area contributed by atoms with Gasteiger partial charge in [0.15, 0.2) is 6.10 Å². The van der Waals surface area contributed by atoms with Crippen molar-refractivity contribution in [2.24, 2.45) is 5.10 Å². The molecule has 0 saturated carbocycles. The Hall–Kier alpha value is -2.63. The zero-order chi connectivity index (χ0) is 19.6. The van der Waals surface area contributed by atoms with Crippen LogP contribution in [0.1, 0.15) is 19.4 Å². The van der Waals surface area contributed by atoms with Crippen LogP contribution in [-0.2, 0) is 9.59 Å². The van der Waals surface area contributed by atoms with E-state index in [1.807, 2.05) is 30.3 Å². The summed E-state index contributed by atoms with van der Waals surface area (Å²) in [6.07, 6.45) is 0.746. The van der Waals surface area contributed by atoms with Crippen molar-refractivity contribution in [2.45, 2.75) is 20.0 Å². The minimum Gasteiger partial charge on any atom is -0.479 e. The number of amides is 2. The van der Waals surface area contributed by atoms with E-state index in [0.29, 0.717) is 22.1 Å². The summed E-state index contributed by atoms with van der Waals surface area (Å²) in [5, 5.41) is 5.66. The van der Waals surface area contributed by atoms with Crippen LogP contribution in [0.15, 0.2) is 59.2 Å². The van der Waals surface area contributed by atoms with Crippen molar-refractivity contribution in [2.75, 3.05) is 0 Å². The number of nitrogens with zero attached hydrogens (tertiary/aromatic N) is 2. The predicted molar refractivity (Wildman–Crippen MR) is 106 cm³/mol. The Morgan fingerprint density at radius 3 is 2.56 bits per heavy atom. The van der Waals surface area contributed by atoms with E-state index in [1.54, 1.807) is 25.1 Å². The van der Waals surface area contributed by atoms with E-state index >= 15 is 0 Å². The molecule has 138 valence electrons. The van der Waals surface area contributed by atoms with Crippen molar-refractivity contribution in [3.05, 3.63) is 69.7 Å². The van der Waals surface area contributed by atoms with Gasteiger partial charge in [-0.2, -0.15) is 10.1 Å². The molecule has 2 amide bonds. The van der Waals surface area contributed by atoms with E-state index in [4.69, 9.17) is 27.9 Å². The molecule has 3 rings (SSSR count). The summed E-state index contributed by atoms with van der Waals surface area (Å²) in [5.41, 5.74) is 1.68. The number of hydrogen-bond donors (Lipinski definition) is 0. The van der Waals surface area contributed by atoms with Crippen LogP contribution in [0.5, 0.6) is 5.75 Å². The molecule has 0 aliphatic carbocycles. The number of halogens is 2. The van der Waals surface area contributed by atoms with E-state index in [9.17, 15) is 9.59 Å². The first-order valence-electron chi connectivity index (χ1n) is 8.19. The van der Waals surface area contributed by atoms with Gasteiger partial charge in [-0.1, -0.05) is 53.5 Å². The molecule has 1 unspecified atom stereocenters. The second kappa shape index (κ2) is 7.94. The van der Waals surface area contributed by atoms with E-state index < -0.39 is 17.9 Å². The molecular weight excluding hydrogens is 387 g/mol.